The molecule has 0 atom stereocenters. The number of nitrogens with two attached hydrogens (primary N) is 1. The van der Waals surface area contributed by atoms with Gasteiger partial charge in [0.05, 0.1) is 5.56 Å². The molecule has 4 nitrogen and oxygen atoms in total. The Morgan fingerprint density at radius 1 is 1.22 bits per heavy atom. The third-order valence-corrected chi connectivity index (χ3v) is 3.07. The summed E-state index contributed by atoms with van der Waals surface area (Å²) in [5.74, 6) is -0.230. The topological polar surface area (TPSA) is 64.7 Å². The summed E-state index contributed by atoms with van der Waals surface area (Å²) in [5, 5.41) is 5.58. The zero-order chi connectivity index (χ0) is 12.8. The molecule has 18 heavy (non-hydrogen) atoms. The maximum Gasteiger partial charge on any atom is 0.365 e. The highest BCUT2D eigenvalue weighted by Gasteiger charge is 2.06. The Morgan fingerprint density at radius 3 is 2.67 bits per heavy atom. The molecule has 0 spiro atoms. The number of oxime groups is 1. The van der Waals surface area contributed by atoms with Crippen molar-refractivity contribution >= 4 is 23.1 Å². The van der Waals surface area contributed by atoms with Crippen molar-refractivity contribution in [2.24, 2.45) is 10.9 Å². The zero-order valence-electron chi connectivity index (χ0n) is 9.58. The van der Waals surface area contributed by atoms with E-state index in [4.69, 9.17) is 10.6 Å². The summed E-state index contributed by atoms with van der Waals surface area (Å²) in [6.07, 6.45) is 0.486. The summed E-state index contributed by atoms with van der Waals surface area (Å²) in [6, 6.07) is 12.5. The first-order valence-electron chi connectivity index (χ1n) is 5.37. The number of thiophene rings is 1. The minimum Gasteiger partial charge on any atom is -0.384 e. The molecule has 1 heterocycles. The molecule has 0 aliphatic carbocycles. The third kappa shape index (κ3) is 3.43. The summed E-state index contributed by atoms with van der Waals surface area (Å²) < 4.78 is 0. The largest absolute Gasteiger partial charge is 0.384 e. The molecule has 0 aliphatic heterocycles. The first kappa shape index (κ1) is 12.3. The molecule has 0 saturated heterocycles. The van der Waals surface area contributed by atoms with Crippen molar-refractivity contribution in [3.05, 3.63) is 58.3 Å². The normalized spacial score (nSPS) is 11.2. The number of nitrogens with zero attached hydrogens (tertiary/aromatic N) is 1. The number of hydrogen-bond acceptors (Lipinski definition) is 4. The molecule has 0 amide bonds. The van der Waals surface area contributed by atoms with Gasteiger partial charge in [-0.2, -0.15) is 0 Å². The lowest BCUT2D eigenvalue weighted by Gasteiger charge is -1.99. The van der Waals surface area contributed by atoms with E-state index < -0.39 is 5.97 Å². The number of benzene rings is 1. The quantitative estimate of drug-likeness (QED) is 0.397. The molecule has 1 aromatic carbocycles. The smallest absolute Gasteiger partial charge is 0.365 e. The second-order valence-corrected chi connectivity index (χ2v) is 4.62. The van der Waals surface area contributed by atoms with Crippen LogP contribution in [0, 0.1) is 0 Å². The molecule has 0 fully saturated rings. The molecule has 2 N–H and O–H groups in total. The Hall–Kier alpha value is -2.14. The lowest BCUT2D eigenvalue weighted by atomic mass is 10.2. The van der Waals surface area contributed by atoms with Crippen molar-refractivity contribution in [1.82, 2.24) is 0 Å². The maximum atomic E-state index is 11.6. The highest BCUT2D eigenvalue weighted by molar-refractivity contribution is 7.10. The Balaban J connectivity index is 1.92. The summed E-state index contributed by atoms with van der Waals surface area (Å²) in [6.45, 7) is 0. The molecule has 0 aliphatic rings. The van der Waals surface area contributed by atoms with E-state index in [1.807, 2.05) is 23.6 Å². The van der Waals surface area contributed by atoms with Gasteiger partial charge in [-0.15, -0.1) is 11.3 Å². The highest BCUT2D eigenvalue weighted by Crippen LogP contribution is 2.09. The summed E-state index contributed by atoms with van der Waals surface area (Å²) >= 11 is 1.58. The minimum absolute atomic E-state index is 0.279. The van der Waals surface area contributed by atoms with Crippen molar-refractivity contribution in [3.8, 4) is 0 Å². The molecule has 0 radical (unpaired) electrons. The van der Waals surface area contributed by atoms with Crippen molar-refractivity contribution < 1.29 is 9.63 Å². The third-order valence-electron chi connectivity index (χ3n) is 2.19. The first-order valence-corrected chi connectivity index (χ1v) is 6.25. The second-order valence-electron chi connectivity index (χ2n) is 3.58. The predicted molar refractivity (Wildman–Crippen MR) is 71.5 cm³/mol. The molecule has 1 aromatic heterocycles. The van der Waals surface area contributed by atoms with Gasteiger partial charge >= 0.3 is 5.97 Å². The summed E-state index contributed by atoms with van der Waals surface area (Å²) in [4.78, 5) is 17.4. The SMILES string of the molecule is N/C(Cc1cccs1)=N/OC(=O)c1ccccc1. The fourth-order valence-corrected chi connectivity index (χ4v) is 2.07. The van der Waals surface area contributed by atoms with E-state index in [-0.39, 0.29) is 5.84 Å². The monoisotopic (exact) mass is 260 g/mol. The van der Waals surface area contributed by atoms with E-state index in [0.29, 0.717) is 12.0 Å². The highest BCUT2D eigenvalue weighted by atomic mass is 32.1. The van der Waals surface area contributed by atoms with Crippen LogP contribution in [0.4, 0.5) is 0 Å². The lowest BCUT2D eigenvalue weighted by Crippen LogP contribution is -2.16. The maximum absolute atomic E-state index is 11.6. The van der Waals surface area contributed by atoms with E-state index in [9.17, 15) is 4.79 Å². The van der Waals surface area contributed by atoms with E-state index in [1.165, 1.54) is 0 Å². The van der Waals surface area contributed by atoms with E-state index >= 15 is 0 Å². The number of amidine groups is 1. The van der Waals surface area contributed by atoms with Gasteiger partial charge in [0.25, 0.3) is 0 Å². The van der Waals surface area contributed by atoms with Gasteiger partial charge in [-0.25, -0.2) is 4.79 Å². The minimum atomic E-state index is -0.510. The fraction of sp³-hybridized carbons (Fsp3) is 0.0769. The first-order chi connectivity index (χ1) is 8.75. The van der Waals surface area contributed by atoms with Crippen molar-refractivity contribution in [3.63, 3.8) is 0 Å². The molecule has 0 bridgehead atoms. The van der Waals surface area contributed by atoms with Gasteiger partial charge in [-0.1, -0.05) is 29.4 Å². The van der Waals surface area contributed by atoms with Crippen LogP contribution >= 0.6 is 11.3 Å². The van der Waals surface area contributed by atoms with Crippen molar-refractivity contribution in [2.45, 2.75) is 6.42 Å². The van der Waals surface area contributed by atoms with Crippen molar-refractivity contribution in [1.29, 1.82) is 0 Å². The van der Waals surface area contributed by atoms with Crippen LogP contribution in [0.15, 0.2) is 53.0 Å². The van der Waals surface area contributed by atoms with Crippen LogP contribution in [0.5, 0.6) is 0 Å². The van der Waals surface area contributed by atoms with Gasteiger partial charge < -0.3 is 10.6 Å². The van der Waals surface area contributed by atoms with Crippen LogP contribution < -0.4 is 5.73 Å². The van der Waals surface area contributed by atoms with Crippen LogP contribution in [0.2, 0.25) is 0 Å². The van der Waals surface area contributed by atoms with Gasteiger partial charge in [0.15, 0.2) is 0 Å². The van der Waals surface area contributed by atoms with E-state index in [1.54, 1.807) is 35.6 Å². The summed E-state index contributed by atoms with van der Waals surface area (Å²) in [5.41, 5.74) is 6.12. The lowest BCUT2D eigenvalue weighted by molar-refractivity contribution is 0.0515. The molecule has 0 saturated carbocycles. The Labute approximate surface area is 109 Å². The summed E-state index contributed by atoms with van der Waals surface area (Å²) in [7, 11) is 0. The van der Waals surface area contributed by atoms with Crippen LogP contribution in [0.3, 0.4) is 0 Å². The van der Waals surface area contributed by atoms with Gasteiger partial charge in [0, 0.05) is 11.3 Å². The molecule has 2 rings (SSSR count). The van der Waals surface area contributed by atoms with Crippen LogP contribution in [-0.4, -0.2) is 11.8 Å². The van der Waals surface area contributed by atoms with Gasteiger partial charge in [-0.3, -0.25) is 0 Å². The molecular formula is C13H12N2O2S. The molecule has 92 valence electrons. The number of carbonyl (C=O) groups excluding carboxylic acids is 1. The van der Waals surface area contributed by atoms with E-state index in [0.717, 1.165) is 4.88 Å². The average Bonchev–Trinajstić information content (AvgIpc) is 2.90. The molecular weight excluding hydrogens is 248 g/mol. The molecule has 0 unspecified atom stereocenters. The van der Waals surface area contributed by atoms with Crippen LogP contribution in [0.1, 0.15) is 15.2 Å². The second kappa shape index (κ2) is 5.97. The van der Waals surface area contributed by atoms with Crippen LogP contribution in [-0.2, 0) is 11.3 Å². The Morgan fingerprint density at radius 2 is 2.00 bits per heavy atom. The van der Waals surface area contributed by atoms with Gasteiger partial charge in [0.2, 0.25) is 0 Å². The molecule has 2 aromatic rings. The van der Waals surface area contributed by atoms with Crippen molar-refractivity contribution in [2.75, 3.05) is 0 Å². The standard InChI is InChI=1S/C13H12N2O2S/c14-12(9-11-7-4-8-18-11)15-17-13(16)10-5-2-1-3-6-10/h1-8H,9H2,(H2,14,15). The predicted octanol–water partition coefficient (Wildman–Crippen LogP) is 2.42. The zero-order valence-corrected chi connectivity index (χ0v) is 10.4. The van der Waals surface area contributed by atoms with Gasteiger partial charge in [-0.05, 0) is 23.6 Å². The number of carbonyl (C=O) groups is 1. The fourth-order valence-electron chi connectivity index (χ4n) is 1.35. The Kier molecular flexibility index (Phi) is 4.09. The number of rotatable bonds is 4. The van der Waals surface area contributed by atoms with E-state index in [2.05, 4.69) is 5.16 Å². The Bertz CT molecular complexity index is 535. The molecule has 5 heteroatoms. The van der Waals surface area contributed by atoms with Gasteiger partial charge in [0.1, 0.15) is 5.84 Å². The number of hydrogen-bond donors (Lipinski definition) is 1. The average molecular weight is 260 g/mol. The van der Waals surface area contributed by atoms with Crippen LogP contribution in [0.25, 0.3) is 0 Å².